The molecule has 0 amide bonds. The molecular weight excluding hydrogens is 328 g/mol. The summed E-state index contributed by atoms with van der Waals surface area (Å²) in [4.78, 5) is 26.4. The van der Waals surface area contributed by atoms with E-state index in [1.54, 1.807) is 29.3 Å². The van der Waals surface area contributed by atoms with Gasteiger partial charge >= 0.3 is 5.69 Å². The van der Waals surface area contributed by atoms with Crippen molar-refractivity contribution in [1.29, 1.82) is 0 Å². The van der Waals surface area contributed by atoms with Gasteiger partial charge in [-0.05, 0) is 12.1 Å². The summed E-state index contributed by atoms with van der Waals surface area (Å²) in [5.74, 6) is 0.0255. The van der Waals surface area contributed by atoms with Crippen LogP contribution in [0, 0.1) is 0 Å². The predicted octanol–water partition coefficient (Wildman–Crippen LogP) is -0.0939. The molecule has 1 aromatic carbocycles. The van der Waals surface area contributed by atoms with E-state index >= 15 is 0 Å². The average molecular weight is 346 g/mol. The molecule has 0 bridgehead atoms. The van der Waals surface area contributed by atoms with Gasteiger partial charge in [0.15, 0.2) is 0 Å². The Morgan fingerprint density at radius 1 is 1.32 bits per heavy atom. The fourth-order valence-corrected chi connectivity index (χ4v) is 2.45. The maximum atomic E-state index is 12.2. The quantitative estimate of drug-likeness (QED) is 0.749. The minimum atomic E-state index is -0.751. The lowest BCUT2D eigenvalue weighted by Gasteiger charge is -2.23. The van der Waals surface area contributed by atoms with Gasteiger partial charge in [0.1, 0.15) is 11.3 Å². The summed E-state index contributed by atoms with van der Waals surface area (Å²) >= 11 is 0. The zero-order valence-electron chi connectivity index (χ0n) is 13.6. The average Bonchev–Trinajstić information content (AvgIpc) is 2.62. The maximum Gasteiger partial charge on any atom is 0.335 e. The summed E-state index contributed by atoms with van der Waals surface area (Å²) in [6.45, 7) is 2.27. The van der Waals surface area contributed by atoms with E-state index in [4.69, 9.17) is 9.47 Å². The molecule has 0 saturated carbocycles. The van der Waals surface area contributed by atoms with Gasteiger partial charge in [-0.15, -0.1) is 0 Å². The Hall–Kier alpha value is -3.07. The monoisotopic (exact) mass is 346 g/mol. The topological polar surface area (TPSA) is 109 Å². The summed E-state index contributed by atoms with van der Waals surface area (Å²) in [5.41, 5.74) is -1.20. The van der Waals surface area contributed by atoms with E-state index in [-0.39, 0.29) is 5.56 Å². The SMILES string of the molecule is COc1cccc(-n2c(O)c(C=NN3CCOCC3)c(=O)[nH]c2=O)c1. The molecule has 1 fully saturated rings. The molecule has 0 radical (unpaired) electrons. The minimum absolute atomic E-state index is 0.103. The number of aromatic hydroxyl groups is 1. The molecule has 9 nitrogen and oxygen atoms in total. The van der Waals surface area contributed by atoms with Crippen molar-refractivity contribution in [1.82, 2.24) is 14.6 Å². The Bertz CT molecular complexity index is 896. The van der Waals surface area contributed by atoms with Crippen molar-refractivity contribution < 1.29 is 14.6 Å². The molecule has 0 spiro atoms. The van der Waals surface area contributed by atoms with Crippen LogP contribution in [0.1, 0.15) is 5.56 Å². The van der Waals surface area contributed by atoms with Crippen molar-refractivity contribution in [3.8, 4) is 17.3 Å². The number of morpholine rings is 1. The lowest BCUT2D eigenvalue weighted by atomic mass is 10.2. The largest absolute Gasteiger partial charge is 0.497 e. The fourth-order valence-electron chi connectivity index (χ4n) is 2.45. The van der Waals surface area contributed by atoms with Crippen LogP contribution in [-0.2, 0) is 4.74 Å². The van der Waals surface area contributed by atoms with Crippen molar-refractivity contribution in [2.75, 3.05) is 33.4 Å². The van der Waals surface area contributed by atoms with Crippen LogP contribution >= 0.6 is 0 Å². The number of rotatable bonds is 4. The number of H-pyrrole nitrogens is 1. The number of nitrogens with zero attached hydrogens (tertiary/aromatic N) is 3. The van der Waals surface area contributed by atoms with Gasteiger partial charge in [0.2, 0.25) is 5.88 Å². The second-order valence-electron chi connectivity index (χ2n) is 5.34. The van der Waals surface area contributed by atoms with Crippen molar-refractivity contribution in [3.63, 3.8) is 0 Å². The molecule has 2 N–H and O–H groups in total. The summed E-state index contributed by atoms with van der Waals surface area (Å²) in [6.07, 6.45) is 1.25. The number of hydrogen-bond donors (Lipinski definition) is 2. The van der Waals surface area contributed by atoms with Crippen molar-refractivity contribution in [3.05, 3.63) is 50.7 Å². The predicted molar refractivity (Wildman–Crippen MR) is 90.9 cm³/mol. The van der Waals surface area contributed by atoms with Gasteiger partial charge in [-0.2, -0.15) is 5.10 Å². The van der Waals surface area contributed by atoms with Gasteiger partial charge in [-0.3, -0.25) is 14.8 Å². The first-order valence-corrected chi connectivity index (χ1v) is 7.69. The number of hydrazone groups is 1. The lowest BCUT2D eigenvalue weighted by Crippen LogP contribution is -2.34. The molecule has 1 aromatic heterocycles. The molecule has 2 aromatic rings. The highest BCUT2D eigenvalue weighted by molar-refractivity contribution is 5.82. The Morgan fingerprint density at radius 3 is 2.80 bits per heavy atom. The van der Waals surface area contributed by atoms with Crippen LogP contribution < -0.4 is 16.0 Å². The molecule has 1 aliphatic rings. The molecule has 9 heteroatoms. The molecule has 1 saturated heterocycles. The Morgan fingerprint density at radius 2 is 2.08 bits per heavy atom. The number of methoxy groups -OCH3 is 1. The van der Waals surface area contributed by atoms with Crippen molar-refractivity contribution in [2.24, 2.45) is 5.10 Å². The summed E-state index contributed by atoms with van der Waals surface area (Å²) < 4.78 is 11.3. The molecule has 3 rings (SSSR count). The number of nitrogens with one attached hydrogen (secondary N) is 1. The molecule has 0 atom stereocenters. The molecular formula is C16H18N4O5. The highest BCUT2D eigenvalue weighted by atomic mass is 16.5. The van der Waals surface area contributed by atoms with Crippen LogP contribution in [0.25, 0.3) is 5.69 Å². The maximum absolute atomic E-state index is 12.2. The van der Waals surface area contributed by atoms with Crippen LogP contribution in [0.3, 0.4) is 0 Å². The molecule has 1 aliphatic heterocycles. The second-order valence-corrected chi connectivity index (χ2v) is 5.34. The van der Waals surface area contributed by atoms with Crippen LogP contribution in [0.2, 0.25) is 0 Å². The highest BCUT2D eigenvalue weighted by Crippen LogP contribution is 2.19. The zero-order valence-corrected chi connectivity index (χ0v) is 13.6. The third-order valence-electron chi connectivity index (χ3n) is 3.77. The third kappa shape index (κ3) is 3.56. The van der Waals surface area contributed by atoms with E-state index in [0.717, 1.165) is 4.57 Å². The van der Waals surface area contributed by atoms with Crippen LogP contribution in [0.15, 0.2) is 39.0 Å². The number of ether oxygens (including phenoxy) is 2. The van der Waals surface area contributed by atoms with Crippen LogP contribution in [0.5, 0.6) is 11.6 Å². The smallest absolute Gasteiger partial charge is 0.335 e. The summed E-state index contributed by atoms with van der Waals surface area (Å²) in [5, 5.41) is 16.4. The molecule has 0 aliphatic carbocycles. The van der Waals surface area contributed by atoms with Crippen molar-refractivity contribution in [2.45, 2.75) is 0 Å². The van der Waals surface area contributed by atoms with E-state index in [2.05, 4.69) is 10.1 Å². The Balaban J connectivity index is 2.04. The fraction of sp³-hybridized carbons (Fsp3) is 0.312. The Labute approximate surface area is 142 Å². The summed E-state index contributed by atoms with van der Waals surface area (Å²) in [6, 6.07) is 6.57. The molecule has 132 valence electrons. The molecule has 25 heavy (non-hydrogen) atoms. The minimum Gasteiger partial charge on any atom is -0.497 e. The summed E-state index contributed by atoms with van der Waals surface area (Å²) in [7, 11) is 1.50. The van der Waals surface area contributed by atoms with E-state index in [9.17, 15) is 14.7 Å². The number of aromatic amines is 1. The molecule has 0 unspecified atom stereocenters. The van der Waals surface area contributed by atoms with Gasteiger partial charge < -0.3 is 14.6 Å². The highest BCUT2D eigenvalue weighted by Gasteiger charge is 2.15. The van der Waals surface area contributed by atoms with Crippen molar-refractivity contribution >= 4 is 6.21 Å². The van der Waals surface area contributed by atoms with E-state index < -0.39 is 17.1 Å². The van der Waals surface area contributed by atoms with Gasteiger partial charge in [0, 0.05) is 6.07 Å². The zero-order chi connectivity index (χ0) is 17.8. The van der Waals surface area contributed by atoms with E-state index in [1.165, 1.54) is 13.3 Å². The van der Waals surface area contributed by atoms with Gasteiger partial charge in [-0.25, -0.2) is 9.36 Å². The standard InChI is InChI=1S/C16H18N4O5/c1-24-12-4-2-3-11(9-12)20-15(22)13(14(21)18-16(20)23)10-17-19-5-7-25-8-6-19/h2-4,9-10,22H,5-8H2,1H3,(H,18,21,23). The third-order valence-corrected chi connectivity index (χ3v) is 3.77. The second kappa shape index (κ2) is 7.22. The van der Waals surface area contributed by atoms with Gasteiger partial charge in [-0.1, -0.05) is 6.07 Å². The Kier molecular flexibility index (Phi) is 4.85. The van der Waals surface area contributed by atoms with Gasteiger partial charge in [0.25, 0.3) is 5.56 Å². The number of benzene rings is 1. The van der Waals surface area contributed by atoms with Crippen LogP contribution in [0.4, 0.5) is 0 Å². The lowest BCUT2D eigenvalue weighted by molar-refractivity contribution is 0.0396. The first kappa shape index (κ1) is 16.8. The van der Waals surface area contributed by atoms with E-state index in [0.29, 0.717) is 37.7 Å². The van der Waals surface area contributed by atoms with Crippen LogP contribution in [-0.4, -0.2) is 59.3 Å². The molecule has 2 heterocycles. The van der Waals surface area contributed by atoms with Gasteiger partial charge in [0.05, 0.1) is 45.3 Å². The van der Waals surface area contributed by atoms with E-state index in [1.807, 2.05) is 0 Å². The first-order chi connectivity index (χ1) is 12.1. The number of aromatic nitrogens is 2. The number of hydrogen-bond acceptors (Lipinski definition) is 7. The first-order valence-electron chi connectivity index (χ1n) is 7.69. The normalized spacial score (nSPS) is 14.8.